The number of fused-ring (bicyclic) bond motifs is 1. The van der Waals surface area contributed by atoms with Crippen LogP contribution in [0.15, 0.2) is 36.4 Å². The highest BCUT2D eigenvalue weighted by molar-refractivity contribution is 6.04. The Hall–Kier alpha value is -2.69. The summed E-state index contributed by atoms with van der Waals surface area (Å²) in [7, 11) is 1.49. The lowest BCUT2D eigenvalue weighted by Gasteiger charge is -2.25. The predicted molar refractivity (Wildman–Crippen MR) is 79.8 cm³/mol. The predicted octanol–water partition coefficient (Wildman–Crippen LogP) is 2.54. The van der Waals surface area contributed by atoms with Gasteiger partial charge in [0.2, 0.25) is 0 Å². The van der Waals surface area contributed by atoms with Crippen LogP contribution >= 0.6 is 0 Å². The van der Waals surface area contributed by atoms with Gasteiger partial charge in [-0.1, -0.05) is 12.1 Å². The van der Waals surface area contributed by atoms with Crippen molar-refractivity contribution in [3.63, 3.8) is 0 Å². The van der Waals surface area contributed by atoms with Crippen molar-refractivity contribution in [2.45, 2.75) is 6.42 Å². The number of methoxy groups -OCH3 is 1. The average Bonchev–Trinajstić information content (AvgIpc) is 2.51. The number of hydrogen-bond donors (Lipinski definition) is 2. The molecule has 5 heteroatoms. The highest BCUT2D eigenvalue weighted by atomic mass is 16.5. The van der Waals surface area contributed by atoms with Crippen LogP contribution in [0.5, 0.6) is 23.0 Å². The normalized spacial score (nSPS) is 16.8. The molecule has 0 bridgehead atoms. The molecule has 2 aromatic carbocycles. The van der Waals surface area contributed by atoms with Gasteiger partial charge in [-0.15, -0.1) is 0 Å². The Balaban J connectivity index is 1.86. The molecule has 0 unspecified atom stereocenters. The molecule has 5 nitrogen and oxygen atoms in total. The maximum absolute atomic E-state index is 12.6. The van der Waals surface area contributed by atoms with Crippen LogP contribution in [0.1, 0.15) is 15.9 Å². The number of benzene rings is 2. The molecule has 1 heterocycles. The topological polar surface area (TPSA) is 76.0 Å². The largest absolute Gasteiger partial charge is 0.508 e. The molecular formula is C17H16O5. The number of hydrogen-bond acceptors (Lipinski definition) is 5. The zero-order valence-corrected chi connectivity index (χ0v) is 12.1. The summed E-state index contributed by atoms with van der Waals surface area (Å²) in [4.78, 5) is 12.6. The van der Waals surface area contributed by atoms with Crippen molar-refractivity contribution < 1.29 is 24.5 Å². The number of Topliss-reactive ketones (excluding diaryl/α,β-unsaturated/α-hetero) is 1. The van der Waals surface area contributed by atoms with Gasteiger partial charge in [0.25, 0.3) is 0 Å². The van der Waals surface area contributed by atoms with E-state index in [1.165, 1.54) is 13.2 Å². The monoisotopic (exact) mass is 300 g/mol. The molecule has 0 spiro atoms. The molecule has 0 saturated heterocycles. The number of carbonyl (C=O) groups excluding carboxylic acids is 1. The fraction of sp³-hybridized carbons (Fsp3) is 0.235. The van der Waals surface area contributed by atoms with Gasteiger partial charge in [0, 0.05) is 12.1 Å². The Labute approximate surface area is 127 Å². The molecule has 1 aliphatic rings. The van der Waals surface area contributed by atoms with E-state index in [9.17, 15) is 15.0 Å². The maximum atomic E-state index is 12.6. The molecule has 0 fully saturated rings. The van der Waals surface area contributed by atoms with E-state index in [-0.39, 0.29) is 35.4 Å². The molecular weight excluding hydrogens is 284 g/mol. The SMILES string of the molecule is COc1cc(O)c2c(c1)OC[C@@H](Cc1ccc(O)cc1)C2=O. The average molecular weight is 300 g/mol. The summed E-state index contributed by atoms with van der Waals surface area (Å²) < 4.78 is 10.7. The minimum absolute atomic E-state index is 0.130. The third-order valence-corrected chi connectivity index (χ3v) is 3.77. The number of carbonyl (C=O) groups is 1. The van der Waals surface area contributed by atoms with Gasteiger partial charge >= 0.3 is 0 Å². The first-order valence-corrected chi connectivity index (χ1v) is 6.94. The van der Waals surface area contributed by atoms with Gasteiger partial charge in [0.1, 0.15) is 28.6 Å². The molecule has 114 valence electrons. The minimum Gasteiger partial charge on any atom is -0.508 e. The summed E-state index contributed by atoms with van der Waals surface area (Å²) in [5.41, 5.74) is 1.13. The van der Waals surface area contributed by atoms with E-state index in [0.29, 0.717) is 17.9 Å². The molecule has 2 aromatic rings. The lowest BCUT2D eigenvalue weighted by molar-refractivity contribution is 0.0826. The van der Waals surface area contributed by atoms with Crippen molar-refractivity contribution in [1.82, 2.24) is 0 Å². The van der Waals surface area contributed by atoms with E-state index >= 15 is 0 Å². The van der Waals surface area contributed by atoms with Crippen molar-refractivity contribution in [1.29, 1.82) is 0 Å². The van der Waals surface area contributed by atoms with Crippen molar-refractivity contribution in [2.75, 3.05) is 13.7 Å². The molecule has 2 N–H and O–H groups in total. The summed E-state index contributed by atoms with van der Waals surface area (Å²) in [6.07, 6.45) is 0.490. The molecule has 0 aromatic heterocycles. The Kier molecular flexibility index (Phi) is 3.63. The number of phenols is 2. The Morgan fingerprint density at radius 3 is 2.64 bits per heavy atom. The van der Waals surface area contributed by atoms with Crippen LogP contribution in [0.2, 0.25) is 0 Å². The highest BCUT2D eigenvalue weighted by Crippen LogP contribution is 2.38. The third kappa shape index (κ3) is 2.57. The van der Waals surface area contributed by atoms with Crippen LogP contribution in [-0.2, 0) is 6.42 Å². The number of ether oxygens (including phenoxy) is 2. The van der Waals surface area contributed by atoms with Gasteiger partial charge in [0.05, 0.1) is 19.6 Å². The molecule has 0 amide bonds. The van der Waals surface area contributed by atoms with Crippen LogP contribution in [0, 0.1) is 5.92 Å². The van der Waals surface area contributed by atoms with E-state index in [1.807, 2.05) is 0 Å². The molecule has 3 rings (SSSR count). The number of rotatable bonds is 3. The first kappa shape index (κ1) is 14.3. The smallest absolute Gasteiger partial charge is 0.177 e. The van der Waals surface area contributed by atoms with Gasteiger partial charge < -0.3 is 19.7 Å². The Morgan fingerprint density at radius 1 is 1.23 bits per heavy atom. The van der Waals surface area contributed by atoms with Gasteiger partial charge in [-0.3, -0.25) is 4.79 Å². The minimum atomic E-state index is -0.365. The lowest BCUT2D eigenvalue weighted by Crippen LogP contribution is -2.29. The van der Waals surface area contributed by atoms with E-state index < -0.39 is 0 Å². The van der Waals surface area contributed by atoms with Crippen molar-refractivity contribution >= 4 is 5.78 Å². The van der Waals surface area contributed by atoms with Gasteiger partial charge in [-0.25, -0.2) is 0 Å². The second kappa shape index (κ2) is 5.60. The number of aromatic hydroxyl groups is 2. The zero-order valence-electron chi connectivity index (χ0n) is 12.1. The van der Waals surface area contributed by atoms with E-state index in [4.69, 9.17) is 9.47 Å². The van der Waals surface area contributed by atoms with E-state index in [2.05, 4.69) is 0 Å². The number of ketones is 1. The van der Waals surface area contributed by atoms with Crippen LogP contribution in [0.4, 0.5) is 0 Å². The molecule has 1 aliphatic heterocycles. The fourth-order valence-electron chi connectivity index (χ4n) is 2.59. The lowest BCUT2D eigenvalue weighted by atomic mass is 9.89. The fourth-order valence-corrected chi connectivity index (χ4v) is 2.59. The number of phenolic OH excluding ortho intramolecular Hbond substituents is 2. The quantitative estimate of drug-likeness (QED) is 0.911. The zero-order chi connectivity index (χ0) is 15.7. The summed E-state index contributed by atoms with van der Waals surface area (Å²) >= 11 is 0. The Morgan fingerprint density at radius 2 is 1.95 bits per heavy atom. The first-order chi connectivity index (χ1) is 10.6. The van der Waals surface area contributed by atoms with Gasteiger partial charge in [0.15, 0.2) is 5.78 Å². The third-order valence-electron chi connectivity index (χ3n) is 3.77. The van der Waals surface area contributed by atoms with Crippen molar-refractivity contribution in [3.8, 4) is 23.0 Å². The molecule has 22 heavy (non-hydrogen) atoms. The first-order valence-electron chi connectivity index (χ1n) is 6.94. The van der Waals surface area contributed by atoms with Gasteiger partial charge in [-0.05, 0) is 24.1 Å². The molecule has 0 radical (unpaired) electrons. The standard InChI is InChI=1S/C17H16O5/c1-21-13-7-14(19)16-15(8-13)22-9-11(17(16)20)6-10-2-4-12(18)5-3-10/h2-5,7-8,11,18-19H,6,9H2,1H3/t11-/m1/s1. The van der Waals surface area contributed by atoms with Crippen molar-refractivity contribution in [3.05, 3.63) is 47.5 Å². The summed E-state index contributed by atoms with van der Waals surface area (Å²) in [5, 5.41) is 19.3. The van der Waals surface area contributed by atoms with Crippen molar-refractivity contribution in [2.24, 2.45) is 5.92 Å². The molecule has 0 aliphatic carbocycles. The van der Waals surface area contributed by atoms with E-state index in [1.54, 1.807) is 30.3 Å². The second-order valence-electron chi connectivity index (χ2n) is 5.26. The second-order valence-corrected chi connectivity index (χ2v) is 5.26. The van der Waals surface area contributed by atoms with Crippen LogP contribution < -0.4 is 9.47 Å². The van der Waals surface area contributed by atoms with Crippen LogP contribution in [0.3, 0.4) is 0 Å². The molecule has 0 saturated carbocycles. The Bertz CT molecular complexity index is 706. The summed E-state index contributed by atoms with van der Waals surface area (Å²) in [5.74, 6) is 0.343. The molecule has 1 atom stereocenters. The van der Waals surface area contributed by atoms with Crippen LogP contribution in [-0.4, -0.2) is 29.7 Å². The summed E-state index contributed by atoms with van der Waals surface area (Å²) in [6.45, 7) is 0.249. The summed E-state index contributed by atoms with van der Waals surface area (Å²) in [6, 6.07) is 9.71. The van der Waals surface area contributed by atoms with Gasteiger partial charge in [-0.2, -0.15) is 0 Å². The highest BCUT2D eigenvalue weighted by Gasteiger charge is 2.32. The van der Waals surface area contributed by atoms with E-state index in [0.717, 1.165) is 5.56 Å². The van der Waals surface area contributed by atoms with Crippen LogP contribution in [0.25, 0.3) is 0 Å². The maximum Gasteiger partial charge on any atom is 0.177 e.